The van der Waals surface area contributed by atoms with Gasteiger partial charge in [0.2, 0.25) is 0 Å². The molecule has 1 N–H and O–H groups in total. The van der Waals surface area contributed by atoms with Gasteiger partial charge in [0.15, 0.2) is 0 Å². The summed E-state index contributed by atoms with van der Waals surface area (Å²) in [7, 11) is 1.28. The highest BCUT2D eigenvalue weighted by atomic mass is 19.1. The number of hydrogen-bond acceptors (Lipinski definition) is 4. The monoisotopic (exact) mass is 221 g/mol. The highest BCUT2D eigenvalue weighted by molar-refractivity contribution is 5.88. The van der Waals surface area contributed by atoms with Crippen LogP contribution in [0.3, 0.4) is 0 Å². The van der Waals surface area contributed by atoms with Crippen molar-refractivity contribution in [2.45, 2.75) is 0 Å². The number of methoxy groups -OCH3 is 1. The smallest absolute Gasteiger partial charge is 0.356 e. The Bertz CT molecular complexity index is 507. The SMILES string of the molecule is COC(=O)c1cc(-c2ccc(F)cn2)n[nH]1. The Labute approximate surface area is 90.3 Å². The standard InChI is InChI=1S/C10H8FN3O2/c1-16-10(15)9-4-8(13-14-9)7-3-2-6(11)5-12-7/h2-5H,1H3,(H,13,14). The Kier molecular flexibility index (Phi) is 2.63. The number of rotatable bonds is 2. The molecule has 0 aliphatic heterocycles. The third kappa shape index (κ3) is 1.90. The number of aromatic amines is 1. The van der Waals surface area contributed by atoms with Gasteiger partial charge in [-0.3, -0.25) is 10.1 Å². The van der Waals surface area contributed by atoms with Gasteiger partial charge in [-0.1, -0.05) is 0 Å². The average Bonchev–Trinajstić information content (AvgIpc) is 2.78. The Morgan fingerprint density at radius 1 is 1.44 bits per heavy atom. The second kappa shape index (κ2) is 4.09. The van der Waals surface area contributed by atoms with Gasteiger partial charge in [0, 0.05) is 6.07 Å². The van der Waals surface area contributed by atoms with Crippen molar-refractivity contribution in [3.05, 3.63) is 35.9 Å². The highest BCUT2D eigenvalue weighted by Crippen LogP contribution is 2.15. The van der Waals surface area contributed by atoms with Crippen LogP contribution in [0.4, 0.5) is 4.39 Å². The lowest BCUT2D eigenvalue weighted by atomic mass is 10.2. The molecule has 0 saturated heterocycles. The van der Waals surface area contributed by atoms with Gasteiger partial charge in [-0.15, -0.1) is 0 Å². The Morgan fingerprint density at radius 2 is 2.25 bits per heavy atom. The molecule has 0 spiro atoms. The lowest BCUT2D eigenvalue weighted by Gasteiger charge is -1.93. The number of ether oxygens (including phenoxy) is 1. The maximum Gasteiger partial charge on any atom is 0.356 e. The van der Waals surface area contributed by atoms with Crippen LogP contribution in [0, 0.1) is 5.82 Å². The van der Waals surface area contributed by atoms with E-state index in [0.717, 1.165) is 6.20 Å². The number of pyridine rings is 1. The van der Waals surface area contributed by atoms with Gasteiger partial charge in [-0.2, -0.15) is 5.10 Å². The second-order valence-electron chi connectivity index (χ2n) is 3.02. The number of carbonyl (C=O) groups is 1. The van der Waals surface area contributed by atoms with Gasteiger partial charge >= 0.3 is 5.97 Å². The number of nitrogens with zero attached hydrogens (tertiary/aromatic N) is 2. The summed E-state index contributed by atoms with van der Waals surface area (Å²) >= 11 is 0. The van der Waals surface area contributed by atoms with E-state index >= 15 is 0 Å². The van der Waals surface area contributed by atoms with Crippen LogP contribution < -0.4 is 0 Å². The molecule has 0 atom stereocenters. The molecule has 0 fully saturated rings. The summed E-state index contributed by atoms with van der Waals surface area (Å²) in [6.45, 7) is 0. The highest BCUT2D eigenvalue weighted by Gasteiger charge is 2.11. The first-order valence-corrected chi connectivity index (χ1v) is 4.46. The third-order valence-electron chi connectivity index (χ3n) is 1.97. The number of hydrogen-bond donors (Lipinski definition) is 1. The van der Waals surface area contributed by atoms with E-state index < -0.39 is 11.8 Å². The lowest BCUT2D eigenvalue weighted by Crippen LogP contribution is -2.00. The van der Waals surface area contributed by atoms with Gasteiger partial charge < -0.3 is 4.74 Å². The maximum absolute atomic E-state index is 12.6. The Morgan fingerprint density at radius 3 is 2.88 bits per heavy atom. The molecule has 6 heteroatoms. The van der Waals surface area contributed by atoms with Crippen LogP contribution >= 0.6 is 0 Å². The first kappa shape index (κ1) is 10.3. The number of nitrogens with one attached hydrogen (secondary N) is 1. The summed E-state index contributed by atoms with van der Waals surface area (Å²) in [5, 5.41) is 6.39. The van der Waals surface area contributed by atoms with Crippen molar-refractivity contribution in [3.63, 3.8) is 0 Å². The van der Waals surface area contributed by atoms with E-state index in [1.807, 2.05) is 0 Å². The Balaban J connectivity index is 2.31. The summed E-state index contributed by atoms with van der Waals surface area (Å²) < 4.78 is 17.1. The molecule has 2 aromatic rings. The number of aromatic nitrogens is 3. The zero-order chi connectivity index (χ0) is 11.5. The summed E-state index contributed by atoms with van der Waals surface area (Å²) in [5.74, 6) is -0.937. The van der Waals surface area contributed by atoms with Gasteiger partial charge in [0.25, 0.3) is 0 Å². The molecule has 16 heavy (non-hydrogen) atoms. The van der Waals surface area contributed by atoms with E-state index in [0.29, 0.717) is 11.4 Å². The molecule has 2 rings (SSSR count). The molecule has 0 amide bonds. The van der Waals surface area contributed by atoms with Crippen molar-refractivity contribution in [2.75, 3.05) is 7.11 Å². The normalized spacial score (nSPS) is 10.1. The van der Waals surface area contributed by atoms with E-state index in [1.165, 1.54) is 25.3 Å². The minimum absolute atomic E-state index is 0.226. The number of esters is 1. The molecule has 0 aromatic carbocycles. The molecule has 2 aromatic heterocycles. The Hall–Kier alpha value is -2.24. The fraction of sp³-hybridized carbons (Fsp3) is 0.100. The largest absolute Gasteiger partial charge is 0.464 e. The van der Waals surface area contributed by atoms with Gasteiger partial charge in [-0.05, 0) is 12.1 Å². The molecule has 5 nitrogen and oxygen atoms in total. The fourth-order valence-corrected chi connectivity index (χ4v) is 1.19. The van der Waals surface area contributed by atoms with Crippen LogP contribution in [0.1, 0.15) is 10.5 Å². The van der Waals surface area contributed by atoms with Crippen LogP contribution in [-0.2, 0) is 4.74 Å². The summed E-state index contributed by atoms with van der Waals surface area (Å²) in [6.07, 6.45) is 1.09. The van der Waals surface area contributed by atoms with Crippen molar-refractivity contribution >= 4 is 5.97 Å². The molecule has 82 valence electrons. The van der Waals surface area contributed by atoms with E-state index in [2.05, 4.69) is 19.9 Å². The minimum atomic E-state index is -0.513. The van der Waals surface area contributed by atoms with Crippen molar-refractivity contribution < 1.29 is 13.9 Å². The van der Waals surface area contributed by atoms with Crippen LogP contribution in [0.25, 0.3) is 11.4 Å². The van der Waals surface area contributed by atoms with Crippen molar-refractivity contribution in [1.82, 2.24) is 15.2 Å². The van der Waals surface area contributed by atoms with Crippen LogP contribution in [0.5, 0.6) is 0 Å². The van der Waals surface area contributed by atoms with Crippen molar-refractivity contribution in [3.8, 4) is 11.4 Å². The first-order chi connectivity index (χ1) is 7.70. The van der Waals surface area contributed by atoms with Gasteiger partial charge in [0.1, 0.15) is 17.2 Å². The van der Waals surface area contributed by atoms with E-state index in [4.69, 9.17) is 0 Å². The molecule has 0 radical (unpaired) electrons. The van der Waals surface area contributed by atoms with Crippen molar-refractivity contribution in [1.29, 1.82) is 0 Å². The molecular formula is C10H8FN3O2. The van der Waals surface area contributed by atoms with Gasteiger partial charge in [-0.25, -0.2) is 9.18 Å². The molecular weight excluding hydrogens is 213 g/mol. The van der Waals surface area contributed by atoms with E-state index in [9.17, 15) is 9.18 Å². The number of halogens is 1. The predicted octanol–water partition coefficient (Wildman–Crippen LogP) is 1.40. The fourth-order valence-electron chi connectivity index (χ4n) is 1.19. The first-order valence-electron chi connectivity index (χ1n) is 4.46. The summed E-state index contributed by atoms with van der Waals surface area (Å²) in [4.78, 5) is 15.0. The molecule has 0 bridgehead atoms. The predicted molar refractivity (Wildman–Crippen MR) is 53.1 cm³/mol. The molecule has 0 aliphatic carbocycles. The second-order valence-corrected chi connectivity index (χ2v) is 3.02. The lowest BCUT2D eigenvalue weighted by molar-refractivity contribution is 0.0594. The zero-order valence-electron chi connectivity index (χ0n) is 8.40. The molecule has 0 saturated carbocycles. The van der Waals surface area contributed by atoms with Crippen LogP contribution in [0.15, 0.2) is 24.4 Å². The average molecular weight is 221 g/mol. The number of carbonyl (C=O) groups excluding carboxylic acids is 1. The summed E-state index contributed by atoms with van der Waals surface area (Å²) in [5.41, 5.74) is 1.16. The van der Waals surface area contributed by atoms with Crippen LogP contribution in [0.2, 0.25) is 0 Å². The van der Waals surface area contributed by atoms with Crippen molar-refractivity contribution in [2.24, 2.45) is 0 Å². The summed E-state index contributed by atoms with van der Waals surface area (Å²) in [6, 6.07) is 4.24. The molecule has 0 aliphatic rings. The van der Waals surface area contributed by atoms with Gasteiger partial charge in [0.05, 0.1) is 19.0 Å². The van der Waals surface area contributed by atoms with E-state index in [1.54, 1.807) is 0 Å². The number of H-pyrrole nitrogens is 1. The minimum Gasteiger partial charge on any atom is -0.464 e. The third-order valence-corrected chi connectivity index (χ3v) is 1.97. The molecule has 2 heterocycles. The zero-order valence-corrected chi connectivity index (χ0v) is 8.40. The maximum atomic E-state index is 12.6. The van der Waals surface area contributed by atoms with E-state index in [-0.39, 0.29) is 5.69 Å². The topological polar surface area (TPSA) is 67.9 Å². The molecule has 0 unspecified atom stereocenters. The quantitative estimate of drug-likeness (QED) is 0.778. The van der Waals surface area contributed by atoms with Crippen LogP contribution in [-0.4, -0.2) is 28.3 Å².